The number of fused-ring (bicyclic) bond motifs is 1. The lowest BCUT2D eigenvalue weighted by Crippen LogP contribution is -2.42. The first-order valence-corrected chi connectivity index (χ1v) is 9.10. The highest BCUT2D eigenvalue weighted by Crippen LogP contribution is 2.30. The second-order valence-corrected chi connectivity index (χ2v) is 7.33. The molecule has 0 fully saturated rings. The molecule has 2 aromatic carbocycles. The van der Waals surface area contributed by atoms with Crippen LogP contribution in [0.4, 0.5) is 0 Å². The number of phenols is 1. The van der Waals surface area contributed by atoms with E-state index in [0.29, 0.717) is 20.6 Å². The van der Waals surface area contributed by atoms with Gasteiger partial charge in [0.15, 0.2) is 11.5 Å². The molecule has 2 aromatic rings. The molecule has 124 valence electrons. The number of hydrazone groups is 1. The van der Waals surface area contributed by atoms with Crippen molar-refractivity contribution in [3.63, 3.8) is 0 Å². The molecule has 3 rings (SSSR count). The van der Waals surface area contributed by atoms with Crippen LogP contribution in [0.1, 0.15) is 5.56 Å². The number of hydrogen-bond donors (Lipinski definition) is 2. The molecule has 0 saturated heterocycles. The molecule has 1 heterocycles. The minimum Gasteiger partial charge on any atom is -0.506 e. The summed E-state index contributed by atoms with van der Waals surface area (Å²) in [5.74, 6) is 0.849. The van der Waals surface area contributed by atoms with Crippen molar-refractivity contribution in [2.75, 3.05) is 6.61 Å². The zero-order valence-corrected chi connectivity index (χ0v) is 16.5. The van der Waals surface area contributed by atoms with Crippen LogP contribution in [-0.4, -0.2) is 29.9 Å². The molecule has 1 atom stereocenters. The molecule has 0 radical (unpaired) electrons. The van der Waals surface area contributed by atoms with Gasteiger partial charge in [0, 0.05) is 9.13 Å². The second kappa shape index (κ2) is 7.55. The average molecular weight is 550 g/mol. The van der Waals surface area contributed by atoms with Crippen LogP contribution < -0.4 is 14.9 Å². The van der Waals surface area contributed by atoms with Gasteiger partial charge < -0.3 is 14.6 Å². The fraction of sp³-hybridized carbons (Fsp3) is 0.125. The maximum atomic E-state index is 12.1. The van der Waals surface area contributed by atoms with Crippen LogP contribution in [0.3, 0.4) is 0 Å². The number of carbonyl (C=O) groups is 1. The largest absolute Gasteiger partial charge is 0.506 e. The lowest BCUT2D eigenvalue weighted by molar-refractivity contribution is -0.130. The number of nitrogens with zero attached hydrogens (tertiary/aromatic N) is 1. The summed E-state index contributed by atoms with van der Waals surface area (Å²) < 4.78 is 12.8. The second-order valence-electron chi connectivity index (χ2n) is 4.92. The van der Waals surface area contributed by atoms with Crippen molar-refractivity contribution in [3.8, 4) is 17.2 Å². The van der Waals surface area contributed by atoms with Crippen LogP contribution in [-0.2, 0) is 4.79 Å². The van der Waals surface area contributed by atoms with E-state index < -0.39 is 12.0 Å². The first-order chi connectivity index (χ1) is 11.5. The standard InChI is InChI=1S/C16H12I2N2O4/c17-10-5-9(15(21)11(18)6-10)7-19-20-16(22)14-8-23-12-3-1-2-4-13(12)24-14/h1-7,14,21H,8H2,(H,20,22). The first kappa shape index (κ1) is 17.3. The monoisotopic (exact) mass is 550 g/mol. The zero-order valence-electron chi connectivity index (χ0n) is 12.2. The number of halogens is 2. The minimum atomic E-state index is -0.776. The van der Waals surface area contributed by atoms with Crippen molar-refractivity contribution >= 4 is 57.3 Å². The van der Waals surface area contributed by atoms with E-state index in [9.17, 15) is 9.90 Å². The van der Waals surface area contributed by atoms with E-state index in [2.05, 4.69) is 33.1 Å². The van der Waals surface area contributed by atoms with Gasteiger partial charge in [-0.2, -0.15) is 5.10 Å². The van der Waals surface area contributed by atoms with Gasteiger partial charge in [-0.15, -0.1) is 0 Å². The Morgan fingerprint density at radius 1 is 1.29 bits per heavy atom. The molecule has 24 heavy (non-hydrogen) atoms. The van der Waals surface area contributed by atoms with Crippen molar-refractivity contribution in [2.24, 2.45) is 5.10 Å². The molecule has 2 N–H and O–H groups in total. The maximum absolute atomic E-state index is 12.1. The molecule has 0 bridgehead atoms. The van der Waals surface area contributed by atoms with E-state index in [0.717, 1.165) is 3.57 Å². The highest BCUT2D eigenvalue weighted by atomic mass is 127. The Morgan fingerprint density at radius 3 is 2.83 bits per heavy atom. The normalized spacial score (nSPS) is 16.2. The van der Waals surface area contributed by atoms with E-state index >= 15 is 0 Å². The van der Waals surface area contributed by atoms with E-state index in [1.807, 2.05) is 40.8 Å². The SMILES string of the molecule is O=C(NN=Cc1cc(I)cc(I)c1O)C1COc2ccccc2O1. The van der Waals surface area contributed by atoms with Crippen LogP contribution in [0, 0.1) is 7.14 Å². The van der Waals surface area contributed by atoms with Gasteiger partial charge >= 0.3 is 0 Å². The molecule has 0 spiro atoms. The van der Waals surface area contributed by atoms with Crippen LogP contribution in [0.15, 0.2) is 41.5 Å². The molecule has 8 heteroatoms. The smallest absolute Gasteiger partial charge is 0.284 e. The maximum Gasteiger partial charge on any atom is 0.284 e. The summed E-state index contributed by atoms with van der Waals surface area (Å²) in [4.78, 5) is 12.1. The van der Waals surface area contributed by atoms with Crippen molar-refractivity contribution in [3.05, 3.63) is 49.1 Å². The summed E-state index contributed by atoms with van der Waals surface area (Å²) in [5, 5.41) is 13.9. The highest BCUT2D eigenvalue weighted by Gasteiger charge is 2.27. The fourth-order valence-corrected chi connectivity index (χ4v) is 3.96. The van der Waals surface area contributed by atoms with E-state index in [-0.39, 0.29) is 12.4 Å². The topological polar surface area (TPSA) is 80.2 Å². The highest BCUT2D eigenvalue weighted by molar-refractivity contribution is 14.1. The van der Waals surface area contributed by atoms with E-state index in [1.165, 1.54) is 6.21 Å². The van der Waals surface area contributed by atoms with E-state index in [4.69, 9.17) is 9.47 Å². The van der Waals surface area contributed by atoms with Crippen LogP contribution in [0.25, 0.3) is 0 Å². The third-order valence-electron chi connectivity index (χ3n) is 3.24. The van der Waals surface area contributed by atoms with Crippen molar-refractivity contribution in [1.82, 2.24) is 5.43 Å². The Balaban J connectivity index is 1.64. The van der Waals surface area contributed by atoms with Gasteiger partial charge in [0.05, 0.1) is 9.78 Å². The third kappa shape index (κ3) is 3.91. The number of aromatic hydroxyl groups is 1. The molecule has 0 aliphatic carbocycles. The van der Waals surface area contributed by atoms with Gasteiger partial charge in [-0.1, -0.05) is 12.1 Å². The summed E-state index contributed by atoms with van der Waals surface area (Å²) in [6, 6.07) is 10.8. The third-order valence-corrected chi connectivity index (χ3v) is 4.68. The number of rotatable bonds is 3. The van der Waals surface area contributed by atoms with Crippen LogP contribution in [0.5, 0.6) is 17.2 Å². The fourth-order valence-electron chi connectivity index (χ4n) is 2.07. The number of nitrogens with one attached hydrogen (secondary N) is 1. The summed E-state index contributed by atoms with van der Waals surface area (Å²) in [6.45, 7) is 0.116. The molecular weight excluding hydrogens is 538 g/mol. The number of para-hydroxylation sites is 2. The minimum absolute atomic E-state index is 0.116. The molecule has 0 aromatic heterocycles. The number of amides is 1. The number of benzene rings is 2. The Labute approximate surface area is 165 Å². The molecule has 6 nitrogen and oxygen atoms in total. The summed E-state index contributed by atoms with van der Waals surface area (Å²) >= 11 is 4.18. The van der Waals surface area contributed by atoms with E-state index in [1.54, 1.807) is 18.2 Å². The van der Waals surface area contributed by atoms with Gasteiger partial charge in [-0.25, -0.2) is 5.43 Å². The molecular formula is C16H12I2N2O4. The Morgan fingerprint density at radius 2 is 2.04 bits per heavy atom. The van der Waals surface area contributed by atoms with Crippen molar-refractivity contribution in [2.45, 2.75) is 6.10 Å². The van der Waals surface area contributed by atoms with Crippen LogP contribution >= 0.6 is 45.2 Å². The summed E-state index contributed by atoms with van der Waals surface area (Å²) in [5.41, 5.74) is 2.93. The van der Waals surface area contributed by atoms with Crippen molar-refractivity contribution < 1.29 is 19.4 Å². The molecule has 1 aliphatic rings. The van der Waals surface area contributed by atoms with Gasteiger partial charge in [0.25, 0.3) is 5.91 Å². The van der Waals surface area contributed by atoms with Gasteiger partial charge in [-0.05, 0) is 69.4 Å². The first-order valence-electron chi connectivity index (χ1n) is 6.94. The van der Waals surface area contributed by atoms with Gasteiger partial charge in [-0.3, -0.25) is 4.79 Å². The lowest BCUT2D eigenvalue weighted by atomic mass is 10.2. The Hall–Kier alpha value is -1.56. The van der Waals surface area contributed by atoms with Crippen molar-refractivity contribution in [1.29, 1.82) is 0 Å². The number of ether oxygens (including phenoxy) is 2. The predicted molar refractivity (Wildman–Crippen MR) is 106 cm³/mol. The number of carbonyl (C=O) groups excluding carboxylic acids is 1. The zero-order chi connectivity index (χ0) is 17.1. The van der Waals surface area contributed by atoms with Gasteiger partial charge in [0.1, 0.15) is 12.4 Å². The summed E-state index contributed by atoms with van der Waals surface area (Å²) in [7, 11) is 0. The predicted octanol–water partition coefficient (Wildman–Crippen LogP) is 2.89. The van der Waals surface area contributed by atoms with Crippen LogP contribution in [0.2, 0.25) is 0 Å². The average Bonchev–Trinajstić information content (AvgIpc) is 2.58. The quantitative estimate of drug-likeness (QED) is 0.350. The molecule has 1 unspecified atom stereocenters. The molecule has 1 amide bonds. The number of phenolic OH excluding ortho intramolecular Hbond substituents is 1. The Bertz CT molecular complexity index is 811. The molecule has 1 aliphatic heterocycles. The lowest BCUT2D eigenvalue weighted by Gasteiger charge is -2.24. The molecule has 0 saturated carbocycles. The Kier molecular flexibility index (Phi) is 5.43. The summed E-state index contributed by atoms with van der Waals surface area (Å²) in [6.07, 6.45) is 0.622. The number of hydrogen-bond acceptors (Lipinski definition) is 5. The van der Waals surface area contributed by atoms with Gasteiger partial charge in [0.2, 0.25) is 6.10 Å².